The van der Waals surface area contributed by atoms with Gasteiger partial charge in [0.1, 0.15) is 0 Å². The van der Waals surface area contributed by atoms with E-state index in [1.54, 1.807) is 0 Å². The molecule has 1 saturated heterocycles. The van der Waals surface area contributed by atoms with E-state index in [9.17, 15) is 9.90 Å². The summed E-state index contributed by atoms with van der Waals surface area (Å²) in [5, 5.41) is 15.3. The third kappa shape index (κ3) is 6.94. The number of aliphatic hydroxyl groups is 1. The monoisotopic (exact) mass is 347 g/mol. The molecule has 3 N–H and O–H groups in total. The van der Waals surface area contributed by atoms with Gasteiger partial charge >= 0.3 is 6.03 Å². The first-order chi connectivity index (χ1) is 12.1. The summed E-state index contributed by atoms with van der Waals surface area (Å²) in [7, 11) is 0. The summed E-state index contributed by atoms with van der Waals surface area (Å²) >= 11 is 0. The standard InChI is InChI=1S/C20H33N3O2/c1-16(2)13-17(10-12-24)14-21-20(25)22-18-7-6-11-23(15-18)19-8-4-3-5-9-19/h3-5,8-9,16-18,24H,6-7,10-15H2,1-2H3,(H2,21,22,25). The normalized spacial score (nSPS) is 18.9. The van der Waals surface area contributed by atoms with Crippen LogP contribution in [0.15, 0.2) is 30.3 Å². The van der Waals surface area contributed by atoms with E-state index in [1.807, 2.05) is 6.07 Å². The molecule has 0 aliphatic carbocycles. The lowest BCUT2D eigenvalue weighted by Gasteiger charge is -2.34. The number of hydrogen-bond donors (Lipinski definition) is 3. The Bertz CT molecular complexity index is 507. The highest BCUT2D eigenvalue weighted by atomic mass is 16.3. The third-order valence-corrected chi connectivity index (χ3v) is 4.77. The summed E-state index contributed by atoms with van der Waals surface area (Å²) in [6.07, 6.45) is 3.86. The maximum absolute atomic E-state index is 12.2. The Morgan fingerprint density at radius 2 is 2.08 bits per heavy atom. The number of aliphatic hydroxyl groups excluding tert-OH is 1. The molecule has 1 aromatic rings. The number of para-hydroxylation sites is 1. The number of urea groups is 1. The minimum atomic E-state index is -0.0911. The van der Waals surface area contributed by atoms with Crippen molar-refractivity contribution in [3.05, 3.63) is 30.3 Å². The lowest BCUT2D eigenvalue weighted by Crippen LogP contribution is -2.51. The minimum Gasteiger partial charge on any atom is -0.396 e. The molecule has 0 spiro atoms. The molecule has 1 aliphatic heterocycles. The van der Waals surface area contributed by atoms with Crippen molar-refractivity contribution in [1.82, 2.24) is 10.6 Å². The number of carbonyl (C=O) groups excluding carboxylic acids is 1. The van der Waals surface area contributed by atoms with E-state index in [4.69, 9.17) is 0 Å². The van der Waals surface area contributed by atoms with Crippen molar-refractivity contribution in [3.63, 3.8) is 0 Å². The first kappa shape index (κ1) is 19.6. The molecule has 0 aromatic heterocycles. The van der Waals surface area contributed by atoms with E-state index < -0.39 is 0 Å². The van der Waals surface area contributed by atoms with Gasteiger partial charge in [0.15, 0.2) is 0 Å². The Labute approximate surface area is 151 Å². The van der Waals surface area contributed by atoms with E-state index in [-0.39, 0.29) is 18.7 Å². The summed E-state index contributed by atoms with van der Waals surface area (Å²) < 4.78 is 0. The second-order valence-corrected chi connectivity index (χ2v) is 7.48. The number of piperidine rings is 1. The van der Waals surface area contributed by atoms with Crippen LogP contribution in [0.25, 0.3) is 0 Å². The number of nitrogens with one attached hydrogen (secondary N) is 2. The average molecular weight is 348 g/mol. The van der Waals surface area contributed by atoms with E-state index in [0.717, 1.165) is 38.8 Å². The summed E-state index contributed by atoms with van der Waals surface area (Å²) in [6.45, 7) is 7.03. The van der Waals surface area contributed by atoms with E-state index >= 15 is 0 Å². The van der Waals surface area contributed by atoms with Gasteiger partial charge in [-0.05, 0) is 49.7 Å². The first-order valence-electron chi connectivity index (χ1n) is 9.53. The predicted molar refractivity (Wildman–Crippen MR) is 103 cm³/mol. The number of rotatable bonds is 8. The molecular formula is C20H33N3O2. The second-order valence-electron chi connectivity index (χ2n) is 7.48. The molecule has 2 amide bonds. The zero-order valence-corrected chi connectivity index (χ0v) is 15.6. The van der Waals surface area contributed by atoms with Crippen molar-refractivity contribution in [2.45, 2.75) is 45.6 Å². The molecular weight excluding hydrogens is 314 g/mol. The lowest BCUT2D eigenvalue weighted by atomic mass is 9.94. The smallest absolute Gasteiger partial charge is 0.315 e. The fourth-order valence-corrected chi connectivity index (χ4v) is 3.59. The summed E-state index contributed by atoms with van der Waals surface area (Å²) in [4.78, 5) is 14.6. The van der Waals surface area contributed by atoms with Gasteiger partial charge in [-0.15, -0.1) is 0 Å². The van der Waals surface area contributed by atoms with Gasteiger partial charge in [-0.25, -0.2) is 4.79 Å². The largest absolute Gasteiger partial charge is 0.396 e. The van der Waals surface area contributed by atoms with E-state index in [1.165, 1.54) is 5.69 Å². The molecule has 0 bridgehead atoms. The second kappa shape index (κ2) is 10.3. The molecule has 5 heteroatoms. The Morgan fingerprint density at radius 1 is 1.32 bits per heavy atom. The summed E-state index contributed by atoms with van der Waals surface area (Å²) in [5.74, 6) is 0.905. The molecule has 2 atom stereocenters. The lowest BCUT2D eigenvalue weighted by molar-refractivity contribution is 0.221. The third-order valence-electron chi connectivity index (χ3n) is 4.77. The number of hydrogen-bond acceptors (Lipinski definition) is 3. The molecule has 1 heterocycles. The Morgan fingerprint density at radius 3 is 2.76 bits per heavy atom. The van der Waals surface area contributed by atoms with Crippen molar-refractivity contribution < 1.29 is 9.90 Å². The topological polar surface area (TPSA) is 64.6 Å². The van der Waals surface area contributed by atoms with Crippen molar-refractivity contribution in [2.75, 3.05) is 31.1 Å². The quantitative estimate of drug-likeness (QED) is 0.677. The zero-order valence-electron chi connectivity index (χ0n) is 15.6. The SMILES string of the molecule is CC(C)CC(CCO)CNC(=O)NC1CCCN(c2ccccc2)C1. The molecule has 1 aromatic carbocycles. The van der Waals surface area contributed by atoms with Crippen LogP contribution in [0.1, 0.15) is 39.5 Å². The molecule has 0 saturated carbocycles. The van der Waals surface area contributed by atoms with Crippen LogP contribution < -0.4 is 15.5 Å². The highest BCUT2D eigenvalue weighted by molar-refractivity contribution is 5.74. The molecule has 25 heavy (non-hydrogen) atoms. The highest BCUT2D eigenvalue weighted by Crippen LogP contribution is 2.19. The number of amides is 2. The predicted octanol–water partition coefficient (Wildman–Crippen LogP) is 3.00. The van der Waals surface area contributed by atoms with Crippen molar-refractivity contribution >= 4 is 11.7 Å². The van der Waals surface area contributed by atoms with Gasteiger partial charge in [-0.3, -0.25) is 0 Å². The van der Waals surface area contributed by atoms with Gasteiger partial charge in [0.2, 0.25) is 0 Å². The fraction of sp³-hybridized carbons (Fsp3) is 0.650. The average Bonchev–Trinajstić information content (AvgIpc) is 2.60. The van der Waals surface area contributed by atoms with Crippen LogP contribution in [0.4, 0.5) is 10.5 Å². The van der Waals surface area contributed by atoms with Gasteiger partial charge in [-0.2, -0.15) is 0 Å². The molecule has 140 valence electrons. The van der Waals surface area contributed by atoms with Crippen LogP contribution in [0.5, 0.6) is 0 Å². The summed E-state index contributed by atoms with van der Waals surface area (Å²) in [6, 6.07) is 10.4. The van der Waals surface area contributed by atoms with Crippen molar-refractivity contribution in [3.8, 4) is 0 Å². The molecule has 1 fully saturated rings. The first-order valence-corrected chi connectivity index (χ1v) is 9.53. The van der Waals surface area contributed by atoms with Crippen LogP contribution in [0.3, 0.4) is 0 Å². The molecule has 1 aliphatic rings. The fourth-order valence-electron chi connectivity index (χ4n) is 3.59. The van der Waals surface area contributed by atoms with Crippen LogP contribution >= 0.6 is 0 Å². The van der Waals surface area contributed by atoms with Crippen LogP contribution in [0, 0.1) is 11.8 Å². The van der Waals surface area contributed by atoms with Gasteiger partial charge in [-0.1, -0.05) is 32.0 Å². The van der Waals surface area contributed by atoms with Gasteiger partial charge in [0.25, 0.3) is 0 Å². The Kier molecular flexibility index (Phi) is 8.06. The molecule has 5 nitrogen and oxygen atoms in total. The number of benzene rings is 1. The summed E-state index contributed by atoms with van der Waals surface area (Å²) in [5.41, 5.74) is 1.22. The zero-order chi connectivity index (χ0) is 18.1. The molecule has 2 unspecified atom stereocenters. The Hall–Kier alpha value is -1.75. The van der Waals surface area contributed by atoms with Gasteiger partial charge in [0, 0.05) is 38.0 Å². The molecule has 2 rings (SSSR count). The van der Waals surface area contributed by atoms with Crippen LogP contribution in [0.2, 0.25) is 0 Å². The highest BCUT2D eigenvalue weighted by Gasteiger charge is 2.22. The maximum atomic E-state index is 12.2. The van der Waals surface area contributed by atoms with Gasteiger partial charge in [0.05, 0.1) is 0 Å². The maximum Gasteiger partial charge on any atom is 0.315 e. The minimum absolute atomic E-state index is 0.0911. The molecule has 0 radical (unpaired) electrons. The van der Waals surface area contributed by atoms with Crippen LogP contribution in [-0.2, 0) is 0 Å². The Balaban J connectivity index is 1.77. The van der Waals surface area contributed by atoms with Crippen molar-refractivity contribution in [2.24, 2.45) is 11.8 Å². The van der Waals surface area contributed by atoms with Crippen molar-refractivity contribution in [1.29, 1.82) is 0 Å². The van der Waals surface area contributed by atoms with E-state index in [2.05, 4.69) is 53.6 Å². The van der Waals surface area contributed by atoms with E-state index in [0.29, 0.717) is 18.4 Å². The number of nitrogens with zero attached hydrogens (tertiary/aromatic N) is 1. The number of anilines is 1. The number of carbonyl (C=O) groups is 1. The van der Waals surface area contributed by atoms with Gasteiger partial charge < -0.3 is 20.6 Å². The van der Waals surface area contributed by atoms with Crippen LogP contribution in [-0.4, -0.2) is 43.4 Å².